The maximum atomic E-state index is 11.3. The summed E-state index contributed by atoms with van der Waals surface area (Å²) in [7, 11) is 0. The van der Waals surface area contributed by atoms with E-state index in [2.05, 4.69) is 17.6 Å². The molecule has 0 heterocycles. The van der Waals surface area contributed by atoms with Crippen LogP contribution in [0.25, 0.3) is 0 Å². The van der Waals surface area contributed by atoms with Gasteiger partial charge >= 0.3 is 6.03 Å². The zero-order valence-corrected chi connectivity index (χ0v) is 8.97. The summed E-state index contributed by atoms with van der Waals surface area (Å²) >= 11 is 0. The van der Waals surface area contributed by atoms with Crippen LogP contribution in [0.15, 0.2) is 0 Å². The summed E-state index contributed by atoms with van der Waals surface area (Å²) in [6, 6.07) is -0.349. The SMILES string of the molecule is CCC1(CNC(=O)NC(C)CO)CC1. The Morgan fingerprint density at radius 2 is 2.21 bits per heavy atom. The molecule has 1 atom stereocenters. The lowest BCUT2D eigenvalue weighted by Crippen LogP contribution is -2.44. The van der Waals surface area contributed by atoms with Gasteiger partial charge in [0.05, 0.1) is 12.6 Å². The number of carbonyl (C=O) groups is 1. The summed E-state index contributed by atoms with van der Waals surface area (Å²) in [6.07, 6.45) is 3.57. The average molecular weight is 200 g/mol. The van der Waals surface area contributed by atoms with Crippen LogP contribution in [0.4, 0.5) is 4.79 Å². The first-order valence-electron chi connectivity index (χ1n) is 5.27. The summed E-state index contributed by atoms with van der Waals surface area (Å²) in [4.78, 5) is 11.3. The monoisotopic (exact) mass is 200 g/mol. The van der Waals surface area contributed by atoms with E-state index in [1.807, 2.05) is 0 Å². The van der Waals surface area contributed by atoms with Gasteiger partial charge in [0.15, 0.2) is 0 Å². The predicted molar refractivity (Wildman–Crippen MR) is 55.0 cm³/mol. The smallest absolute Gasteiger partial charge is 0.315 e. The number of hydrogen-bond donors (Lipinski definition) is 3. The lowest BCUT2D eigenvalue weighted by atomic mass is 10.0. The topological polar surface area (TPSA) is 61.4 Å². The van der Waals surface area contributed by atoms with Gasteiger partial charge in [-0.2, -0.15) is 0 Å². The number of hydrogen-bond acceptors (Lipinski definition) is 2. The number of rotatable bonds is 5. The number of carbonyl (C=O) groups excluding carboxylic acids is 1. The highest BCUT2D eigenvalue weighted by molar-refractivity contribution is 5.74. The molecule has 4 heteroatoms. The molecule has 14 heavy (non-hydrogen) atoms. The molecule has 0 bridgehead atoms. The number of urea groups is 1. The first kappa shape index (κ1) is 11.3. The van der Waals surface area contributed by atoms with Crippen LogP contribution in [0.5, 0.6) is 0 Å². The molecule has 0 aromatic rings. The van der Waals surface area contributed by atoms with Crippen LogP contribution >= 0.6 is 0 Å². The van der Waals surface area contributed by atoms with E-state index in [9.17, 15) is 4.79 Å². The number of aliphatic hydroxyl groups excluding tert-OH is 1. The van der Waals surface area contributed by atoms with E-state index in [0.29, 0.717) is 5.41 Å². The van der Waals surface area contributed by atoms with Crippen molar-refractivity contribution in [2.24, 2.45) is 5.41 Å². The lowest BCUT2D eigenvalue weighted by molar-refractivity contribution is 0.218. The predicted octanol–water partition coefficient (Wildman–Crippen LogP) is 0.857. The van der Waals surface area contributed by atoms with Crippen LogP contribution in [0.3, 0.4) is 0 Å². The molecule has 0 spiro atoms. The van der Waals surface area contributed by atoms with Gasteiger partial charge < -0.3 is 15.7 Å². The van der Waals surface area contributed by atoms with E-state index >= 15 is 0 Å². The molecule has 0 aromatic carbocycles. The minimum atomic E-state index is -0.175. The molecular formula is C10H20N2O2. The van der Waals surface area contributed by atoms with Crippen LogP contribution in [0.1, 0.15) is 33.1 Å². The maximum absolute atomic E-state index is 11.3. The zero-order valence-electron chi connectivity index (χ0n) is 8.97. The Hall–Kier alpha value is -0.770. The fraction of sp³-hybridized carbons (Fsp3) is 0.900. The van der Waals surface area contributed by atoms with Crippen LogP contribution in [0.2, 0.25) is 0 Å². The van der Waals surface area contributed by atoms with Gasteiger partial charge in [0.1, 0.15) is 0 Å². The van der Waals surface area contributed by atoms with Crippen LogP contribution < -0.4 is 10.6 Å². The standard InChI is InChI=1S/C10H20N2O2/c1-3-10(4-5-10)7-11-9(14)12-8(2)6-13/h8,13H,3-7H2,1-2H3,(H2,11,12,14). The fourth-order valence-electron chi connectivity index (χ4n) is 1.42. The highest BCUT2D eigenvalue weighted by Crippen LogP contribution is 2.47. The second-order valence-electron chi connectivity index (χ2n) is 4.26. The van der Waals surface area contributed by atoms with E-state index in [1.54, 1.807) is 6.92 Å². The molecule has 4 nitrogen and oxygen atoms in total. The van der Waals surface area contributed by atoms with Crippen LogP contribution in [-0.2, 0) is 0 Å². The van der Waals surface area contributed by atoms with E-state index in [-0.39, 0.29) is 18.7 Å². The fourth-order valence-corrected chi connectivity index (χ4v) is 1.42. The molecule has 1 fully saturated rings. The third kappa shape index (κ3) is 3.18. The average Bonchev–Trinajstić information content (AvgIpc) is 2.95. The third-order valence-electron chi connectivity index (χ3n) is 2.98. The Balaban J connectivity index is 2.15. The molecule has 1 aliphatic carbocycles. The summed E-state index contributed by atoms with van der Waals surface area (Å²) in [5.74, 6) is 0. The molecule has 0 aliphatic heterocycles. The van der Waals surface area contributed by atoms with Gasteiger partial charge in [-0.15, -0.1) is 0 Å². The Bertz CT molecular complexity index is 202. The van der Waals surface area contributed by atoms with Gasteiger partial charge in [-0.25, -0.2) is 4.79 Å². The first-order chi connectivity index (χ1) is 6.62. The quantitative estimate of drug-likeness (QED) is 0.616. The van der Waals surface area contributed by atoms with Crippen molar-refractivity contribution in [2.75, 3.05) is 13.2 Å². The van der Waals surface area contributed by atoms with Crippen molar-refractivity contribution < 1.29 is 9.90 Å². The van der Waals surface area contributed by atoms with Crippen LogP contribution in [-0.4, -0.2) is 30.3 Å². The van der Waals surface area contributed by atoms with E-state index in [0.717, 1.165) is 13.0 Å². The van der Waals surface area contributed by atoms with Crippen molar-refractivity contribution in [1.29, 1.82) is 0 Å². The zero-order chi connectivity index (χ0) is 10.6. The minimum Gasteiger partial charge on any atom is -0.394 e. The van der Waals surface area contributed by atoms with E-state index in [1.165, 1.54) is 12.8 Å². The molecule has 82 valence electrons. The van der Waals surface area contributed by atoms with Gasteiger partial charge in [0, 0.05) is 6.54 Å². The van der Waals surface area contributed by atoms with Gasteiger partial charge in [-0.05, 0) is 31.6 Å². The third-order valence-corrected chi connectivity index (χ3v) is 2.98. The maximum Gasteiger partial charge on any atom is 0.315 e. The van der Waals surface area contributed by atoms with Crippen molar-refractivity contribution in [1.82, 2.24) is 10.6 Å². The van der Waals surface area contributed by atoms with Gasteiger partial charge in [0.2, 0.25) is 0 Å². The van der Waals surface area contributed by atoms with Gasteiger partial charge in [-0.3, -0.25) is 0 Å². The number of aliphatic hydroxyl groups is 1. The van der Waals surface area contributed by atoms with Crippen molar-refractivity contribution in [2.45, 2.75) is 39.2 Å². The summed E-state index contributed by atoms with van der Waals surface area (Å²) in [5.41, 5.74) is 0.375. The summed E-state index contributed by atoms with van der Waals surface area (Å²) < 4.78 is 0. The summed E-state index contributed by atoms with van der Waals surface area (Å²) in [5, 5.41) is 14.2. The Kier molecular flexibility index (Phi) is 3.75. The molecular weight excluding hydrogens is 180 g/mol. The minimum absolute atomic E-state index is 0.0215. The molecule has 0 saturated heterocycles. The Labute approximate surface area is 85.1 Å². The highest BCUT2D eigenvalue weighted by atomic mass is 16.3. The van der Waals surface area contributed by atoms with Crippen molar-refractivity contribution in [3.8, 4) is 0 Å². The van der Waals surface area contributed by atoms with Crippen LogP contribution in [0, 0.1) is 5.41 Å². The number of amides is 2. The van der Waals surface area contributed by atoms with E-state index in [4.69, 9.17) is 5.11 Å². The Morgan fingerprint density at radius 3 is 2.64 bits per heavy atom. The molecule has 3 N–H and O–H groups in total. The molecule has 1 unspecified atom stereocenters. The second kappa shape index (κ2) is 4.64. The van der Waals surface area contributed by atoms with Crippen molar-refractivity contribution >= 4 is 6.03 Å². The summed E-state index contributed by atoms with van der Waals surface area (Å²) in [6.45, 7) is 4.66. The van der Waals surface area contributed by atoms with E-state index < -0.39 is 0 Å². The number of nitrogens with one attached hydrogen (secondary N) is 2. The first-order valence-corrected chi connectivity index (χ1v) is 5.27. The largest absolute Gasteiger partial charge is 0.394 e. The Morgan fingerprint density at radius 1 is 1.57 bits per heavy atom. The molecule has 2 amide bonds. The lowest BCUT2D eigenvalue weighted by Gasteiger charge is -2.16. The van der Waals surface area contributed by atoms with Gasteiger partial charge in [0.25, 0.3) is 0 Å². The normalized spacial score (nSPS) is 19.9. The molecule has 1 aliphatic rings. The van der Waals surface area contributed by atoms with Crippen molar-refractivity contribution in [3.63, 3.8) is 0 Å². The molecule has 0 aromatic heterocycles. The second-order valence-corrected chi connectivity index (χ2v) is 4.26. The van der Waals surface area contributed by atoms with Crippen molar-refractivity contribution in [3.05, 3.63) is 0 Å². The molecule has 1 saturated carbocycles. The highest BCUT2D eigenvalue weighted by Gasteiger charge is 2.40. The van der Waals surface area contributed by atoms with Gasteiger partial charge in [-0.1, -0.05) is 6.92 Å². The molecule has 1 rings (SSSR count). The molecule has 0 radical (unpaired) electrons.